The molecule has 1 saturated heterocycles. The number of fused-ring (bicyclic) bond motifs is 1. The summed E-state index contributed by atoms with van der Waals surface area (Å²) in [6.07, 6.45) is 6.49. The minimum absolute atomic E-state index is 0.110. The molecule has 0 atom stereocenters. The van der Waals surface area contributed by atoms with E-state index in [1.54, 1.807) is 24.5 Å². The van der Waals surface area contributed by atoms with Crippen molar-refractivity contribution in [1.82, 2.24) is 19.8 Å². The van der Waals surface area contributed by atoms with E-state index in [4.69, 9.17) is 0 Å². The smallest absolute Gasteiger partial charge is 0.254 e. The summed E-state index contributed by atoms with van der Waals surface area (Å²) in [7, 11) is 0. The number of para-hydroxylation sites is 1. The van der Waals surface area contributed by atoms with Crippen LogP contribution >= 0.6 is 0 Å². The number of piperazine rings is 1. The van der Waals surface area contributed by atoms with Gasteiger partial charge in [0, 0.05) is 67.8 Å². The van der Waals surface area contributed by atoms with E-state index in [2.05, 4.69) is 45.3 Å². The maximum absolute atomic E-state index is 12.5. The second-order valence-electron chi connectivity index (χ2n) is 6.48. The predicted octanol–water partition coefficient (Wildman–Crippen LogP) is 2.56. The number of benzene rings is 1. The molecular formula is C20H22N4O. The molecule has 1 fully saturated rings. The molecule has 0 aliphatic carbocycles. The number of rotatable bonds is 4. The van der Waals surface area contributed by atoms with Crippen molar-refractivity contribution in [2.45, 2.75) is 6.42 Å². The number of H-pyrrole nitrogens is 1. The molecule has 0 radical (unpaired) electrons. The molecule has 5 heteroatoms. The monoisotopic (exact) mass is 334 g/mol. The Hall–Kier alpha value is -2.66. The van der Waals surface area contributed by atoms with Gasteiger partial charge in [-0.25, -0.2) is 0 Å². The van der Waals surface area contributed by atoms with Crippen LogP contribution in [-0.2, 0) is 6.42 Å². The van der Waals surface area contributed by atoms with Crippen LogP contribution in [0, 0.1) is 0 Å². The number of aromatic nitrogens is 2. The molecule has 1 amide bonds. The number of hydrogen-bond donors (Lipinski definition) is 1. The van der Waals surface area contributed by atoms with Gasteiger partial charge in [-0.05, 0) is 30.2 Å². The molecule has 128 valence electrons. The fourth-order valence-corrected chi connectivity index (χ4v) is 3.47. The fraction of sp³-hybridized carbons (Fsp3) is 0.300. The van der Waals surface area contributed by atoms with Gasteiger partial charge in [-0.2, -0.15) is 0 Å². The molecule has 0 saturated carbocycles. The van der Waals surface area contributed by atoms with Crippen molar-refractivity contribution < 1.29 is 4.79 Å². The number of hydrogen-bond acceptors (Lipinski definition) is 3. The van der Waals surface area contributed by atoms with Gasteiger partial charge in [0.25, 0.3) is 5.91 Å². The molecular weight excluding hydrogens is 312 g/mol. The highest BCUT2D eigenvalue weighted by atomic mass is 16.2. The summed E-state index contributed by atoms with van der Waals surface area (Å²) in [6, 6.07) is 12.0. The second kappa shape index (κ2) is 7.07. The average Bonchev–Trinajstić information content (AvgIpc) is 3.10. The molecule has 0 spiro atoms. The van der Waals surface area contributed by atoms with Gasteiger partial charge in [0.2, 0.25) is 0 Å². The van der Waals surface area contributed by atoms with Crippen LogP contribution in [0.25, 0.3) is 10.9 Å². The first-order valence-electron chi connectivity index (χ1n) is 8.78. The topological polar surface area (TPSA) is 52.2 Å². The van der Waals surface area contributed by atoms with Crippen LogP contribution < -0.4 is 0 Å². The first-order chi connectivity index (χ1) is 12.3. The Morgan fingerprint density at radius 2 is 1.80 bits per heavy atom. The lowest BCUT2D eigenvalue weighted by Crippen LogP contribution is -2.49. The summed E-state index contributed by atoms with van der Waals surface area (Å²) in [5.74, 6) is 0.110. The molecule has 5 nitrogen and oxygen atoms in total. The van der Waals surface area contributed by atoms with Crippen molar-refractivity contribution in [3.63, 3.8) is 0 Å². The molecule has 1 N–H and O–H groups in total. The van der Waals surface area contributed by atoms with Crippen molar-refractivity contribution in [3.05, 3.63) is 66.1 Å². The van der Waals surface area contributed by atoms with Crippen molar-refractivity contribution in [2.24, 2.45) is 0 Å². The van der Waals surface area contributed by atoms with Gasteiger partial charge in [0.05, 0.1) is 0 Å². The summed E-state index contributed by atoms with van der Waals surface area (Å²) >= 11 is 0. The zero-order valence-corrected chi connectivity index (χ0v) is 14.2. The third-order valence-electron chi connectivity index (χ3n) is 4.96. The first kappa shape index (κ1) is 15.8. The van der Waals surface area contributed by atoms with Crippen molar-refractivity contribution in [3.8, 4) is 0 Å². The number of carbonyl (C=O) groups excluding carboxylic acids is 1. The molecule has 3 aromatic rings. The number of amides is 1. The first-order valence-corrected chi connectivity index (χ1v) is 8.78. The van der Waals surface area contributed by atoms with E-state index in [1.165, 1.54) is 16.5 Å². The van der Waals surface area contributed by atoms with Gasteiger partial charge in [0.1, 0.15) is 0 Å². The van der Waals surface area contributed by atoms with E-state index in [1.807, 2.05) is 4.90 Å². The van der Waals surface area contributed by atoms with Gasteiger partial charge < -0.3 is 9.88 Å². The van der Waals surface area contributed by atoms with Gasteiger partial charge in [-0.15, -0.1) is 0 Å². The Balaban J connectivity index is 1.31. The second-order valence-corrected chi connectivity index (χ2v) is 6.48. The van der Waals surface area contributed by atoms with Gasteiger partial charge in [-0.1, -0.05) is 18.2 Å². The maximum atomic E-state index is 12.5. The molecule has 0 unspecified atom stereocenters. The standard InChI is InChI=1S/C20H22N4O/c25-20(16-5-8-21-9-6-16)24-13-11-23(12-14-24)10-7-17-15-22-19-4-2-1-3-18(17)19/h1-6,8-9,15,22H,7,10-14H2. The number of aromatic amines is 1. The Morgan fingerprint density at radius 3 is 2.60 bits per heavy atom. The molecule has 2 aromatic heterocycles. The summed E-state index contributed by atoms with van der Waals surface area (Å²) in [5, 5.41) is 1.31. The van der Waals surface area contributed by atoms with Crippen LogP contribution in [0.15, 0.2) is 55.0 Å². The van der Waals surface area contributed by atoms with E-state index in [0.29, 0.717) is 0 Å². The summed E-state index contributed by atoms with van der Waals surface area (Å²) in [5.41, 5.74) is 3.29. The highest BCUT2D eigenvalue weighted by Gasteiger charge is 2.22. The van der Waals surface area contributed by atoms with E-state index < -0.39 is 0 Å². The number of pyridine rings is 1. The number of nitrogens with zero attached hydrogens (tertiary/aromatic N) is 3. The van der Waals surface area contributed by atoms with Crippen molar-refractivity contribution in [1.29, 1.82) is 0 Å². The van der Waals surface area contributed by atoms with E-state index in [0.717, 1.165) is 44.7 Å². The lowest BCUT2D eigenvalue weighted by molar-refractivity contribution is 0.0638. The lowest BCUT2D eigenvalue weighted by Gasteiger charge is -2.34. The fourth-order valence-electron chi connectivity index (χ4n) is 3.47. The Bertz CT molecular complexity index is 850. The minimum atomic E-state index is 0.110. The van der Waals surface area contributed by atoms with Gasteiger partial charge in [0.15, 0.2) is 0 Å². The summed E-state index contributed by atoms with van der Waals surface area (Å²) in [6.45, 7) is 4.46. The lowest BCUT2D eigenvalue weighted by atomic mass is 10.1. The van der Waals surface area contributed by atoms with Gasteiger partial charge in [-0.3, -0.25) is 14.7 Å². The molecule has 4 rings (SSSR count). The summed E-state index contributed by atoms with van der Waals surface area (Å²) < 4.78 is 0. The van der Waals surface area contributed by atoms with E-state index in [9.17, 15) is 4.79 Å². The summed E-state index contributed by atoms with van der Waals surface area (Å²) in [4.78, 5) is 24.2. The minimum Gasteiger partial charge on any atom is -0.361 e. The molecule has 1 aromatic carbocycles. The zero-order chi connectivity index (χ0) is 17.1. The van der Waals surface area contributed by atoms with Crippen molar-refractivity contribution in [2.75, 3.05) is 32.7 Å². The predicted molar refractivity (Wildman–Crippen MR) is 98.6 cm³/mol. The number of carbonyl (C=O) groups is 1. The van der Waals surface area contributed by atoms with Crippen LogP contribution in [-0.4, -0.2) is 58.4 Å². The van der Waals surface area contributed by atoms with Crippen LogP contribution in [0.2, 0.25) is 0 Å². The third-order valence-corrected chi connectivity index (χ3v) is 4.96. The molecule has 1 aliphatic heterocycles. The SMILES string of the molecule is O=C(c1ccncc1)N1CCN(CCc2c[nH]c3ccccc23)CC1. The highest BCUT2D eigenvalue weighted by molar-refractivity contribution is 5.94. The third kappa shape index (κ3) is 3.42. The Kier molecular flexibility index (Phi) is 4.48. The molecule has 25 heavy (non-hydrogen) atoms. The van der Waals surface area contributed by atoms with Crippen molar-refractivity contribution >= 4 is 16.8 Å². The van der Waals surface area contributed by atoms with Gasteiger partial charge >= 0.3 is 0 Å². The normalized spacial score (nSPS) is 15.6. The number of nitrogens with one attached hydrogen (secondary N) is 1. The maximum Gasteiger partial charge on any atom is 0.254 e. The average molecular weight is 334 g/mol. The molecule has 1 aliphatic rings. The quantitative estimate of drug-likeness (QED) is 0.798. The van der Waals surface area contributed by atoms with Crippen LogP contribution in [0.1, 0.15) is 15.9 Å². The van der Waals surface area contributed by atoms with E-state index in [-0.39, 0.29) is 5.91 Å². The van der Waals surface area contributed by atoms with Crippen LogP contribution in [0.5, 0.6) is 0 Å². The van der Waals surface area contributed by atoms with Crippen LogP contribution in [0.4, 0.5) is 0 Å². The Labute approximate surface area is 147 Å². The zero-order valence-electron chi connectivity index (χ0n) is 14.2. The largest absolute Gasteiger partial charge is 0.361 e. The molecule has 3 heterocycles. The Morgan fingerprint density at radius 1 is 1.04 bits per heavy atom. The molecule has 0 bridgehead atoms. The highest BCUT2D eigenvalue weighted by Crippen LogP contribution is 2.18. The van der Waals surface area contributed by atoms with Crippen LogP contribution in [0.3, 0.4) is 0 Å². The van der Waals surface area contributed by atoms with E-state index >= 15 is 0 Å².